The molecular weight excluding hydrogens is 336 g/mol. The molecular formula is C19H24N2O3S. The number of hydrogen-bond donors (Lipinski definition) is 2. The van der Waals surface area contributed by atoms with Gasteiger partial charge in [-0.3, -0.25) is 9.52 Å². The smallest absolute Gasteiger partial charge is 0.261 e. The van der Waals surface area contributed by atoms with Gasteiger partial charge in [-0.1, -0.05) is 26.8 Å². The van der Waals surface area contributed by atoms with Crippen LogP contribution in [0.3, 0.4) is 0 Å². The summed E-state index contributed by atoms with van der Waals surface area (Å²) in [6.45, 7) is 9.34. The lowest BCUT2D eigenvalue weighted by Crippen LogP contribution is -2.27. The van der Waals surface area contributed by atoms with Crippen molar-refractivity contribution >= 4 is 27.3 Å². The molecule has 0 atom stereocenters. The summed E-state index contributed by atoms with van der Waals surface area (Å²) in [5, 5.41) is 2.77. The summed E-state index contributed by atoms with van der Waals surface area (Å²) in [5.74, 6) is -0.128. The van der Waals surface area contributed by atoms with Crippen LogP contribution in [0.2, 0.25) is 0 Å². The van der Waals surface area contributed by atoms with Gasteiger partial charge in [-0.25, -0.2) is 8.42 Å². The molecule has 0 bridgehead atoms. The fraction of sp³-hybridized carbons (Fsp3) is 0.316. The molecule has 25 heavy (non-hydrogen) atoms. The van der Waals surface area contributed by atoms with E-state index in [0.717, 1.165) is 11.1 Å². The average Bonchev–Trinajstić information content (AvgIpc) is 2.50. The number of hydrogen-bond acceptors (Lipinski definition) is 3. The second-order valence-electron chi connectivity index (χ2n) is 7.13. The minimum atomic E-state index is -3.68. The highest BCUT2D eigenvalue weighted by Gasteiger charge is 2.21. The second-order valence-corrected chi connectivity index (χ2v) is 8.82. The number of sulfonamides is 1. The Labute approximate surface area is 149 Å². The number of carbonyl (C=O) groups excluding carboxylic acids is 1. The van der Waals surface area contributed by atoms with Gasteiger partial charge in [0, 0.05) is 16.8 Å². The molecule has 1 amide bonds. The van der Waals surface area contributed by atoms with Crippen molar-refractivity contribution in [3.8, 4) is 0 Å². The predicted molar refractivity (Wildman–Crippen MR) is 101 cm³/mol. The normalized spacial score (nSPS) is 11.9. The van der Waals surface area contributed by atoms with E-state index in [-0.39, 0.29) is 10.8 Å². The number of aryl methyl sites for hydroxylation is 2. The van der Waals surface area contributed by atoms with Crippen LogP contribution in [0.5, 0.6) is 0 Å². The molecule has 2 rings (SSSR count). The lowest BCUT2D eigenvalue weighted by Gasteiger charge is -2.17. The number of nitrogens with one attached hydrogen (secondary N) is 2. The summed E-state index contributed by atoms with van der Waals surface area (Å²) in [4.78, 5) is 12.1. The Hall–Kier alpha value is -2.34. The van der Waals surface area contributed by atoms with Crippen LogP contribution in [0.25, 0.3) is 0 Å². The highest BCUT2D eigenvalue weighted by atomic mass is 32.2. The molecule has 0 aromatic heterocycles. The first-order valence-electron chi connectivity index (χ1n) is 8.01. The number of benzene rings is 2. The molecule has 6 heteroatoms. The molecule has 5 nitrogen and oxygen atoms in total. The molecule has 0 heterocycles. The third-order valence-corrected chi connectivity index (χ3v) is 5.26. The first kappa shape index (κ1) is 19.0. The van der Waals surface area contributed by atoms with Crippen molar-refractivity contribution < 1.29 is 13.2 Å². The minimum Gasteiger partial charge on any atom is -0.326 e. The largest absolute Gasteiger partial charge is 0.326 e. The van der Waals surface area contributed by atoms with Gasteiger partial charge in [0.15, 0.2) is 0 Å². The van der Waals surface area contributed by atoms with E-state index in [1.165, 1.54) is 12.1 Å². The third-order valence-electron chi connectivity index (χ3n) is 3.86. The van der Waals surface area contributed by atoms with E-state index < -0.39 is 15.4 Å². The zero-order valence-electron chi connectivity index (χ0n) is 15.2. The highest BCUT2D eigenvalue weighted by Crippen LogP contribution is 2.22. The molecule has 0 aliphatic carbocycles. The molecule has 2 N–H and O–H groups in total. The van der Waals surface area contributed by atoms with E-state index in [9.17, 15) is 13.2 Å². The zero-order valence-corrected chi connectivity index (χ0v) is 16.0. The van der Waals surface area contributed by atoms with Crippen LogP contribution >= 0.6 is 0 Å². The number of rotatable bonds is 4. The topological polar surface area (TPSA) is 75.3 Å². The molecule has 2 aromatic carbocycles. The molecule has 0 saturated heterocycles. The third kappa shape index (κ3) is 4.82. The maximum absolute atomic E-state index is 12.5. The fourth-order valence-corrected chi connectivity index (χ4v) is 3.10. The standard InChI is InChI=1S/C19H24N2O3S/c1-13-6-7-16(12-14(13)2)21-25(23,24)17-10-8-15(9-11-17)20-18(22)19(3,4)5/h6-12,21H,1-5H3,(H,20,22). The Balaban J connectivity index is 2.17. The van der Waals surface area contributed by atoms with Gasteiger partial charge in [0.1, 0.15) is 0 Å². The van der Waals surface area contributed by atoms with Gasteiger partial charge >= 0.3 is 0 Å². The summed E-state index contributed by atoms with van der Waals surface area (Å²) < 4.78 is 27.6. The van der Waals surface area contributed by atoms with E-state index >= 15 is 0 Å². The molecule has 0 aliphatic rings. The van der Waals surface area contributed by atoms with Crippen LogP contribution in [-0.4, -0.2) is 14.3 Å². The maximum atomic E-state index is 12.5. The van der Waals surface area contributed by atoms with Gasteiger partial charge in [0.05, 0.1) is 4.90 Å². The number of carbonyl (C=O) groups is 1. The van der Waals surface area contributed by atoms with E-state index in [4.69, 9.17) is 0 Å². The van der Waals surface area contributed by atoms with E-state index in [1.54, 1.807) is 24.3 Å². The Bertz CT molecular complexity index is 880. The van der Waals surface area contributed by atoms with Crippen molar-refractivity contribution in [1.29, 1.82) is 0 Å². The van der Waals surface area contributed by atoms with Crippen LogP contribution in [0.15, 0.2) is 47.4 Å². The van der Waals surface area contributed by atoms with Crippen LogP contribution < -0.4 is 10.0 Å². The lowest BCUT2D eigenvalue weighted by molar-refractivity contribution is -0.123. The first-order valence-corrected chi connectivity index (χ1v) is 9.49. The molecule has 134 valence electrons. The summed E-state index contributed by atoms with van der Waals surface area (Å²) in [7, 11) is -3.68. The molecule has 0 unspecified atom stereocenters. The summed E-state index contributed by atoms with van der Waals surface area (Å²) in [5.41, 5.74) is 2.68. The fourth-order valence-electron chi connectivity index (χ4n) is 2.06. The molecule has 0 spiro atoms. The Morgan fingerprint density at radius 3 is 1.96 bits per heavy atom. The summed E-state index contributed by atoms with van der Waals surface area (Å²) in [6, 6.07) is 11.5. The van der Waals surface area contributed by atoms with E-state index in [0.29, 0.717) is 11.4 Å². The number of amides is 1. The monoisotopic (exact) mass is 360 g/mol. The van der Waals surface area contributed by atoms with Gasteiger partial charge in [0.2, 0.25) is 5.91 Å². The number of anilines is 2. The molecule has 0 saturated carbocycles. The van der Waals surface area contributed by atoms with Gasteiger partial charge < -0.3 is 5.32 Å². The van der Waals surface area contributed by atoms with E-state index in [2.05, 4.69) is 10.0 Å². The van der Waals surface area contributed by atoms with Gasteiger partial charge in [-0.2, -0.15) is 0 Å². The SMILES string of the molecule is Cc1ccc(NS(=O)(=O)c2ccc(NC(=O)C(C)(C)C)cc2)cc1C. The van der Waals surface area contributed by atoms with Crippen molar-refractivity contribution in [3.05, 3.63) is 53.6 Å². The van der Waals surface area contributed by atoms with Crippen LogP contribution in [0.4, 0.5) is 11.4 Å². The van der Waals surface area contributed by atoms with E-state index in [1.807, 2.05) is 40.7 Å². The van der Waals surface area contributed by atoms with Crippen LogP contribution in [0.1, 0.15) is 31.9 Å². The second kappa shape index (κ2) is 6.88. The quantitative estimate of drug-likeness (QED) is 0.862. The summed E-state index contributed by atoms with van der Waals surface area (Å²) in [6.07, 6.45) is 0. The van der Waals surface area contributed by atoms with Crippen molar-refractivity contribution in [2.24, 2.45) is 5.41 Å². The van der Waals surface area contributed by atoms with Crippen molar-refractivity contribution in [1.82, 2.24) is 0 Å². The Morgan fingerprint density at radius 2 is 1.44 bits per heavy atom. The van der Waals surface area contributed by atoms with Crippen molar-refractivity contribution in [2.75, 3.05) is 10.0 Å². The zero-order chi connectivity index (χ0) is 18.8. The minimum absolute atomic E-state index is 0.128. The Kier molecular flexibility index (Phi) is 5.23. The molecule has 0 radical (unpaired) electrons. The predicted octanol–water partition coefficient (Wildman–Crippen LogP) is 4.09. The van der Waals surface area contributed by atoms with Gasteiger partial charge in [0.25, 0.3) is 10.0 Å². The lowest BCUT2D eigenvalue weighted by atomic mass is 9.95. The average molecular weight is 360 g/mol. The molecule has 2 aromatic rings. The molecule has 0 fully saturated rings. The maximum Gasteiger partial charge on any atom is 0.261 e. The van der Waals surface area contributed by atoms with Gasteiger partial charge in [-0.05, 0) is 61.4 Å². The first-order chi connectivity index (χ1) is 11.5. The van der Waals surface area contributed by atoms with Gasteiger partial charge in [-0.15, -0.1) is 0 Å². The van der Waals surface area contributed by atoms with Crippen molar-refractivity contribution in [2.45, 2.75) is 39.5 Å². The van der Waals surface area contributed by atoms with Crippen molar-refractivity contribution in [3.63, 3.8) is 0 Å². The summed E-state index contributed by atoms with van der Waals surface area (Å²) >= 11 is 0. The van der Waals surface area contributed by atoms with Crippen LogP contribution in [-0.2, 0) is 14.8 Å². The van der Waals surface area contributed by atoms with Crippen LogP contribution in [0, 0.1) is 19.3 Å². The highest BCUT2D eigenvalue weighted by molar-refractivity contribution is 7.92. The Morgan fingerprint density at radius 1 is 0.880 bits per heavy atom. The molecule has 0 aliphatic heterocycles.